The molecule has 0 aliphatic heterocycles. The van der Waals surface area contributed by atoms with Gasteiger partial charge in [-0.05, 0) is 56.8 Å². The maximum Gasteiger partial charge on any atom is 0.240 e. The molecule has 1 aliphatic carbocycles. The molecule has 0 spiro atoms. The zero-order valence-electron chi connectivity index (χ0n) is 11.9. The number of aryl methyl sites for hydroxylation is 1. The Labute approximate surface area is 115 Å². The third-order valence-electron chi connectivity index (χ3n) is 4.24. The van der Waals surface area contributed by atoms with E-state index in [-0.39, 0.29) is 0 Å². The van der Waals surface area contributed by atoms with Crippen molar-refractivity contribution in [1.82, 2.24) is 4.72 Å². The van der Waals surface area contributed by atoms with E-state index < -0.39 is 10.0 Å². The van der Waals surface area contributed by atoms with Crippen LogP contribution in [0, 0.1) is 12.3 Å². The molecule has 5 heteroatoms. The van der Waals surface area contributed by atoms with Gasteiger partial charge in [-0.2, -0.15) is 0 Å². The summed E-state index contributed by atoms with van der Waals surface area (Å²) in [4.78, 5) is 0.302. The van der Waals surface area contributed by atoms with E-state index in [4.69, 9.17) is 0 Å². The molecule has 1 aromatic carbocycles. The standard InChI is InChI=1S/C14H22N2O2S/c1-10-5-6-12(19(17,18)15-4)9-13(10)16-11(2)14(3)7-8-14/h5-6,9,11,15-16H,7-8H2,1-4H3. The van der Waals surface area contributed by atoms with E-state index in [9.17, 15) is 8.42 Å². The lowest BCUT2D eigenvalue weighted by atomic mass is 10.00. The Kier molecular flexibility index (Phi) is 3.62. The summed E-state index contributed by atoms with van der Waals surface area (Å²) >= 11 is 0. The van der Waals surface area contributed by atoms with Gasteiger partial charge in [-0.3, -0.25) is 0 Å². The SMILES string of the molecule is CNS(=O)(=O)c1ccc(C)c(NC(C)C2(C)CC2)c1. The van der Waals surface area contributed by atoms with Crippen LogP contribution in [0.2, 0.25) is 0 Å². The minimum atomic E-state index is -3.38. The molecule has 0 bridgehead atoms. The number of hydrogen-bond acceptors (Lipinski definition) is 3. The first-order chi connectivity index (χ1) is 8.78. The number of rotatable bonds is 5. The highest BCUT2D eigenvalue weighted by Crippen LogP contribution is 2.49. The van der Waals surface area contributed by atoms with Crippen molar-refractivity contribution in [2.45, 2.75) is 44.6 Å². The lowest BCUT2D eigenvalue weighted by molar-refractivity contribution is 0.493. The van der Waals surface area contributed by atoms with Gasteiger partial charge in [0, 0.05) is 11.7 Å². The van der Waals surface area contributed by atoms with Crippen molar-refractivity contribution < 1.29 is 8.42 Å². The second-order valence-corrected chi connectivity index (χ2v) is 7.59. The van der Waals surface area contributed by atoms with Crippen LogP contribution in [-0.2, 0) is 10.0 Å². The lowest BCUT2D eigenvalue weighted by Gasteiger charge is -2.23. The van der Waals surface area contributed by atoms with Crippen molar-refractivity contribution >= 4 is 15.7 Å². The van der Waals surface area contributed by atoms with E-state index in [2.05, 4.69) is 23.9 Å². The summed E-state index contributed by atoms with van der Waals surface area (Å²) in [5.41, 5.74) is 2.31. The van der Waals surface area contributed by atoms with Crippen LogP contribution in [-0.4, -0.2) is 21.5 Å². The van der Waals surface area contributed by atoms with Crippen molar-refractivity contribution in [3.8, 4) is 0 Å². The topological polar surface area (TPSA) is 58.2 Å². The van der Waals surface area contributed by atoms with E-state index in [1.165, 1.54) is 19.9 Å². The van der Waals surface area contributed by atoms with Crippen LogP contribution >= 0.6 is 0 Å². The van der Waals surface area contributed by atoms with E-state index in [0.29, 0.717) is 16.4 Å². The maximum absolute atomic E-state index is 11.8. The fourth-order valence-electron chi connectivity index (χ4n) is 2.08. The van der Waals surface area contributed by atoms with Crippen molar-refractivity contribution in [1.29, 1.82) is 0 Å². The highest BCUT2D eigenvalue weighted by atomic mass is 32.2. The molecule has 0 aromatic heterocycles. The molecule has 0 amide bonds. The zero-order chi connectivity index (χ0) is 14.3. The number of sulfonamides is 1. The van der Waals surface area contributed by atoms with Gasteiger partial charge in [0.1, 0.15) is 0 Å². The van der Waals surface area contributed by atoms with Gasteiger partial charge in [-0.25, -0.2) is 13.1 Å². The third kappa shape index (κ3) is 2.92. The Bertz CT molecular complexity index is 577. The summed E-state index contributed by atoms with van der Waals surface area (Å²) in [5, 5.41) is 3.46. The van der Waals surface area contributed by atoms with Gasteiger partial charge in [0.15, 0.2) is 0 Å². The highest BCUT2D eigenvalue weighted by Gasteiger charge is 2.42. The third-order valence-corrected chi connectivity index (χ3v) is 5.66. The molecule has 1 saturated carbocycles. The van der Waals surface area contributed by atoms with Crippen molar-refractivity contribution in [2.75, 3.05) is 12.4 Å². The molecular weight excluding hydrogens is 260 g/mol. The molecule has 1 unspecified atom stereocenters. The van der Waals surface area contributed by atoms with Crippen LogP contribution in [0.15, 0.2) is 23.1 Å². The van der Waals surface area contributed by atoms with Crippen molar-refractivity contribution in [3.63, 3.8) is 0 Å². The van der Waals surface area contributed by atoms with Gasteiger partial charge in [0.25, 0.3) is 0 Å². The van der Waals surface area contributed by atoms with Gasteiger partial charge in [0.05, 0.1) is 4.90 Å². The monoisotopic (exact) mass is 282 g/mol. The van der Waals surface area contributed by atoms with E-state index in [1.807, 2.05) is 13.0 Å². The largest absolute Gasteiger partial charge is 0.382 e. The molecule has 0 radical (unpaired) electrons. The fourth-order valence-corrected chi connectivity index (χ4v) is 2.84. The minimum absolute atomic E-state index is 0.302. The molecule has 2 rings (SSSR count). The molecule has 2 N–H and O–H groups in total. The second kappa shape index (κ2) is 4.80. The highest BCUT2D eigenvalue weighted by molar-refractivity contribution is 7.89. The zero-order valence-corrected chi connectivity index (χ0v) is 12.8. The average molecular weight is 282 g/mol. The van der Waals surface area contributed by atoms with Crippen molar-refractivity contribution in [2.24, 2.45) is 5.41 Å². The fraction of sp³-hybridized carbons (Fsp3) is 0.571. The van der Waals surface area contributed by atoms with Gasteiger partial charge in [-0.15, -0.1) is 0 Å². The maximum atomic E-state index is 11.8. The Morgan fingerprint density at radius 3 is 2.47 bits per heavy atom. The smallest absolute Gasteiger partial charge is 0.240 e. The van der Waals surface area contributed by atoms with E-state index in [0.717, 1.165) is 11.3 Å². The van der Waals surface area contributed by atoms with E-state index >= 15 is 0 Å². The molecule has 1 fully saturated rings. The van der Waals surface area contributed by atoms with Crippen LogP contribution in [0.1, 0.15) is 32.3 Å². The predicted molar refractivity (Wildman–Crippen MR) is 77.9 cm³/mol. The number of anilines is 1. The number of nitrogens with one attached hydrogen (secondary N) is 2. The molecule has 106 valence electrons. The summed E-state index contributed by atoms with van der Waals surface area (Å²) in [6.07, 6.45) is 2.46. The first kappa shape index (κ1) is 14.3. The quantitative estimate of drug-likeness (QED) is 0.872. The van der Waals surface area contributed by atoms with E-state index in [1.54, 1.807) is 12.1 Å². The molecule has 0 saturated heterocycles. The molecule has 0 heterocycles. The summed E-state index contributed by atoms with van der Waals surface area (Å²) in [7, 11) is -1.96. The predicted octanol–water partition coefficient (Wildman–Crippen LogP) is 2.50. The molecule has 1 aliphatic rings. The summed E-state index contributed by atoms with van der Waals surface area (Å²) in [6, 6.07) is 5.53. The summed E-state index contributed by atoms with van der Waals surface area (Å²) in [6.45, 7) is 6.40. The Morgan fingerprint density at radius 1 is 1.32 bits per heavy atom. The van der Waals surface area contributed by atoms with Gasteiger partial charge >= 0.3 is 0 Å². The van der Waals surface area contributed by atoms with Crippen LogP contribution in [0.4, 0.5) is 5.69 Å². The number of hydrogen-bond donors (Lipinski definition) is 2. The first-order valence-electron chi connectivity index (χ1n) is 6.59. The lowest BCUT2D eigenvalue weighted by Crippen LogP contribution is -2.25. The number of benzene rings is 1. The molecule has 1 aromatic rings. The van der Waals surface area contributed by atoms with Crippen LogP contribution in [0.5, 0.6) is 0 Å². The van der Waals surface area contributed by atoms with Gasteiger partial charge in [0.2, 0.25) is 10.0 Å². The molecule has 1 atom stereocenters. The second-order valence-electron chi connectivity index (χ2n) is 5.70. The van der Waals surface area contributed by atoms with Crippen molar-refractivity contribution in [3.05, 3.63) is 23.8 Å². The first-order valence-corrected chi connectivity index (χ1v) is 8.07. The normalized spacial score (nSPS) is 18.9. The van der Waals surface area contributed by atoms with Crippen LogP contribution in [0.25, 0.3) is 0 Å². The molecular formula is C14H22N2O2S. The Morgan fingerprint density at radius 2 is 1.95 bits per heavy atom. The van der Waals surface area contributed by atoms with Gasteiger partial charge < -0.3 is 5.32 Å². The summed E-state index contributed by atoms with van der Waals surface area (Å²) in [5.74, 6) is 0. The van der Waals surface area contributed by atoms with Gasteiger partial charge in [-0.1, -0.05) is 13.0 Å². The molecule has 4 nitrogen and oxygen atoms in total. The Balaban J connectivity index is 2.27. The van der Waals surface area contributed by atoms with Crippen LogP contribution < -0.4 is 10.0 Å². The van der Waals surface area contributed by atoms with Crippen LogP contribution in [0.3, 0.4) is 0 Å². The average Bonchev–Trinajstić information content (AvgIpc) is 3.11. The Hall–Kier alpha value is -1.07. The molecule has 19 heavy (non-hydrogen) atoms. The minimum Gasteiger partial charge on any atom is -0.382 e. The summed E-state index contributed by atoms with van der Waals surface area (Å²) < 4.78 is 26.0.